The van der Waals surface area contributed by atoms with Gasteiger partial charge in [0, 0.05) is 43.3 Å². The molecule has 0 radical (unpaired) electrons. The Kier molecular flexibility index (Phi) is 13.2. The number of β-amino-alcohol motifs (C(OH)–C–C–N with tert-alkyl or cyclic N) is 1. The maximum atomic E-state index is 14.1. The predicted octanol–water partition coefficient (Wildman–Crippen LogP) is 5.44. The minimum absolute atomic E-state index is 0.00135. The standard InChI is InChI=1S/C48H68N6O7S/c1-28-40(62-27-50-28)30-11-9-29(10-12-30)24-49-43(59)36-23-31(55)25-54(36)44(60)41(45(2,3)4)52-39(57)19-22-61-26-46(5,6)53-42(58)35-15-14-33-32-13-16-37-48(8,21-18-38(56)51-37)34(32)17-20-47(33,35)7/h9-12,18,21,27,31-37,41,55H,13-17,19-20,22-26H2,1-8H3,(H,49,59)(H,51,56)(H,52,57)(H,53,58)/t31-,32+,33+,34+,35-,36+,37-,41-,47+,48-/m1/s1. The van der Waals surface area contributed by atoms with Gasteiger partial charge in [-0.2, -0.15) is 0 Å². The summed E-state index contributed by atoms with van der Waals surface area (Å²) in [6.45, 7) is 16.6. The van der Waals surface area contributed by atoms with Crippen LogP contribution in [0.5, 0.6) is 0 Å². The zero-order valence-electron chi connectivity index (χ0n) is 37.8. The second-order valence-electron chi connectivity index (χ2n) is 21.0. The van der Waals surface area contributed by atoms with Crippen molar-refractivity contribution in [2.45, 2.75) is 143 Å². The van der Waals surface area contributed by atoms with E-state index in [1.54, 1.807) is 17.4 Å². The van der Waals surface area contributed by atoms with Gasteiger partial charge in [-0.3, -0.25) is 24.0 Å². The van der Waals surface area contributed by atoms with Crippen molar-refractivity contribution in [2.24, 2.45) is 39.9 Å². The van der Waals surface area contributed by atoms with E-state index in [1.165, 1.54) is 4.90 Å². The lowest BCUT2D eigenvalue weighted by Gasteiger charge is -2.58. The minimum Gasteiger partial charge on any atom is -0.391 e. The van der Waals surface area contributed by atoms with Crippen LogP contribution in [0, 0.1) is 46.8 Å². The first-order valence-corrected chi connectivity index (χ1v) is 23.5. The number of thiazole rings is 1. The molecule has 1 aromatic carbocycles. The number of aliphatic hydroxyl groups is 1. The Balaban J connectivity index is 0.877. The van der Waals surface area contributed by atoms with E-state index in [0.29, 0.717) is 17.8 Å². The molecule has 7 rings (SSSR count). The van der Waals surface area contributed by atoms with Gasteiger partial charge in [0.05, 0.1) is 40.9 Å². The first-order chi connectivity index (χ1) is 29.2. The molecule has 2 aromatic rings. The van der Waals surface area contributed by atoms with Crippen molar-refractivity contribution in [1.29, 1.82) is 0 Å². The number of rotatable bonds is 13. The van der Waals surface area contributed by atoms with Gasteiger partial charge in [-0.1, -0.05) is 65.0 Å². The topological polar surface area (TPSA) is 179 Å². The van der Waals surface area contributed by atoms with Crippen LogP contribution in [0.2, 0.25) is 0 Å². The molecule has 338 valence electrons. The molecular formula is C48H68N6O7S. The summed E-state index contributed by atoms with van der Waals surface area (Å²) in [6.07, 6.45) is 9.10. The van der Waals surface area contributed by atoms with Crippen LogP contribution < -0.4 is 21.3 Å². The molecule has 3 heterocycles. The molecule has 5 N–H and O–H groups in total. The molecule has 10 atom stereocenters. The number of aromatic nitrogens is 1. The molecule has 5 amide bonds. The van der Waals surface area contributed by atoms with Gasteiger partial charge < -0.3 is 36.0 Å². The lowest BCUT2D eigenvalue weighted by molar-refractivity contribution is -0.144. The van der Waals surface area contributed by atoms with Crippen molar-refractivity contribution < 1.29 is 33.8 Å². The number of likely N-dealkylation sites (tertiary alicyclic amines) is 1. The molecule has 0 unspecified atom stereocenters. The number of aliphatic hydroxyl groups excluding tert-OH is 1. The largest absolute Gasteiger partial charge is 0.391 e. The minimum atomic E-state index is -0.946. The van der Waals surface area contributed by atoms with Gasteiger partial charge in [-0.15, -0.1) is 11.3 Å². The summed E-state index contributed by atoms with van der Waals surface area (Å²) in [5, 5.41) is 23.0. The smallest absolute Gasteiger partial charge is 0.246 e. The van der Waals surface area contributed by atoms with Gasteiger partial charge in [0.25, 0.3) is 0 Å². The highest BCUT2D eigenvalue weighted by Crippen LogP contribution is 2.65. The van der Waals surface area contributed by atoms with Crippen LogP contribution in [0.1, 0.15) is 111 Å². The Labute approximate surface area is 371 Å². The average molecular weight is 873 g/mol. The summed E-state index contributed by atoms with van der Waals surface area (Å²) in [7, 11) is 0. The van der Waals surface area contributed by atoms with E-state index >= 15 is 0 Å². The monoisotopic (exact) mass is 872 g/mol. The van der Waals surface area contributed by atoms with Gasteiger partial charge in [-0.05, 0) is 105 Å². The Morgan fingerprint density at radius 2 is 1.76 bits per heavy atom. The highest BCUT2D eigenvalue weighted by Gasteiger charge is 2.61. The number of carbonyl (C=O) groups excluding carboxylic acids is 5. The van der Waals surface area contributed by atoms with Gasteiger partial charge in [0.2, 0.25) is 29.5 Å². The van der Waals surface area contributed by atoms with Crippen LogP contribution in [0.25, 0.3) is 10.4 Å². The SMILES string of the molecule is Cc1ncsc1-c1ccc(CNC(=O)[C@@H]2C[C@@H](O)CN2C(=O)[C@@H](NC(=O)CCOCC(C)(C)NC(=O)[C@H]2CC[C@H]3[C@@H]4CC[C@H]5NC(=O)C=C[C@]5(C)[C@H]4CC[C@]23C)C(C)(C)C)cc1. The van der Waals surface area contributed by atoms with Gasteiger partial charge in [-0.25, -0.2) is 4.98 Å². The summed E-state index contributed by atoms with van der Waals surface area (Å²) >= 11 is 1.58. The molecule has 0 bridgehead atoms. The van der Waals surface area contributed by atoms with Crippen molar-refractivity contribution in [3.63, 3.8) is 0 Å². The molecule has 13 nitrogen and oxygen atoms in total. The number of benzene rings is 1. The summed E-state index contributed by atoms with van der Waals surface area (Å²) in [4.78, 5) is 73.9. The van der Waals surface area contributed by atoms with Crippen LogP contribution in [0.15, 0.2) is 41.9 Å². The van der Waals surface area contributed by atoms with Gasteiger partial charge >= 0.3 is 0 Å². The third-order valence-electron chi connectivity index (χ3n) is 15.1. The highest BCUT2D eigenvalue weighted by molar-refractivity contribution is 7.13. The lowest BCUT2D eigenvalue weighted by Crippen LogP contribution is -2.60. The summed E-state index contributed by atoms with van der Waals surface area (Å²) in [5.74, 6) is 0.326. The first-order valence-electron chi connectivity index (χ1n) is 22.6. The number of carbonyl (C=O) groups is 5. The second-order valence-corrected chi connectivity index (χ2v) is 21.9. The van der Waals surface area contributed by atoms with E-state index in [0.717, 1.165) is 60.2 Å². The highest BCUT2D eigenvalue weighted by atomic mass is 32.1. The fourth-order valence-electron chi connectivity index (χ4n) is 11.7. The Morgan fingerprint density at radius 3 is 2.45 bits per heavy atom. The Morgan fingerprint density at radius 1 is 1.02 bits per heavy atom. The van der Waals surface area contributed by atoms with Gasteiger partial charge in [0.15, 0.2) is 0 Å². The van der Waals surface area contributed by atoms with E-state index in [2.05, 4.69) is 46.2 Å². The van der Waals surface area contributed by atoms with E-state index in [1.807, 2.05) is 71.3 Å². The van der Waals surface area contributed by atoms with Gasteiger partial charge in [0.1, 0.15) is 12.1 Å². The number of amides is 5. The van der Waals surface area contributed by atoms with E-state index in [9.17, 15) is 29.1 Å². The molecule has 1 aromatic heterocycles. The molecule has 62 heavy (non-hydrogen) atoms. The third kappa shape index (κ3) is 9.38. The Bertz CT molecular complexity index is 2040. The first kappa shape index (κ1) is 45.9. The number of hydrogen-bond acceptors (Lipinski definition) is 9. The second kappa shape index (κ2) is 17.8. The number of hydrogen-bond donors (Lipinski definition) is 5. The Hall–Kier alpha value is -4.14. The number of aryl methyl sites for hydroxylation is 1. The maximum absolute atomic E-state index is 14.1. The van der Waals surface area contributed by atoms with Crippen molar-refractivity contribution >= 4 is 40.9 Å². The molecule has 5 aliphatic rings. The fourth-order valence-corrected chi connectivity index (χ4v) is 12.5. The fraction of sp³-hybridized carbons (Fsp3) is 0.667. The van der Waals surface area contributed by atoms with Crippen LogP contribution in [0.3, 0.4) is 0 Å². The lowest BCUT2D eigenvalue weighted by atomic mass is 9.48. The van der Waals surface area contributed by atoms with E-state index in [4.69, 9.17) is 4.74 Å². The average Bonchev–Trinajstić information content (AvgIpc) is 3.93. The van der Waals surface area contributed by atoms with Crippen LogP contribution in [-0.2, 0) is 35.3 Å². The number of nitrogens with zero attached hydrogens (tertiary/aromatic N) is 2. The van der Waals surface area contributed by atoms with Crippen LogP contribution in [-0.4, -0.2) is 94.1 Å². The van der Waals surface area contributed by atoms with E-state index < -0.39 is 35.0 Å². The summed E-state index contributed by atoms with van der Waals surface area (Å²) in [6, 6.07) is 6.25. The molecular weight excluding hydrogens is 805 g/mol. The number of nitrogens with one attached hydrogen (secondary N) is 4. The van der Waals surface area contributed by atoms with Crippen molar-refractivity contribution in [3.05, 3.63) is 53.2 Å². The third-order valence-corrected chi connectivity index (χ3v) is 16.1. The number of fused-ring (bicyclic) bond motifs is 5. The molecule has 1 saturated heterocycles. The summed E-state index contributed by atoms with van der Waals surface area (Å²) in [5.41, 5.74) is 3.24. The number of ether oxygens (including phenoxy) is 1. The van der Waals surface area contributed by atoms with Crippen LogP contribution >= 0.6 is 11.3 Å². The molecule has 3 aliphatic carbocycles. The molecule has 3 saturated carbocycles. The van der Waals surface area contributed by atoms with Crippen molar-refractivity contribution in [2.75, 3.05) is 19.8 Å². The van der Waals surface area contributed by atoms with Crippen molar-refractivity contribution in [3.8, 4) is 10.4 Å². The normalized spacial score (nSPS) is 31.0. The molecule has 2 aliphatic heterocycles. The van der Waals surface area contributed by atoms with Crippen LogP contribution in [0.4, 0.5) is 0 Å². The molecule has 14 heteroatoms. The zero-order chi connectivity index (χ0) is 44.8. The summed E-state index contributed by atoms with van der Waals surface area (Å²) < 4.78 is 5.99. The zero-order valence-corrected chi connectivity index (χ0v) is 38.7. The molecule has 4 fully saturated rings. The molecule has 0 spiro atoms. The van der Waals surface area contributed by atoms with Crippen molar-refractivity contribution in [1.82, 2.24) is 31.2 Å². The predicted molar refractivity (Wildman–Crippen MR) is 238 cm³/mol. The maximum Gasteiger partial charge on any atom is 0.246 e. The quantitative estimate of drug-likeness (QED) is 0.165. The van der Waals surface area contributed by atoms with E-state index in [-0.39, 0.29) is 85.6 Å².